The van der Waals surface area contributed by atoms with Crippen molar-refractivity contribution in [1.82, 2.24) is 19.7 Å². The van der Waals surface area contributed by atoms with Gasteiger partial charge in [-0.1, -0.05) is 12.1 Å². The van der Waals surface area contributed by atoms with E-state index >= 15 is 0 Å². The summed E-state index contributed by atoms with van der Waals surface area (Å²) >= 11 is 0. The molecule has 1 aliphatic rings. The number of nitrogens with zero attached hydrogens (tertiary/aromatic N) is 3. The smallest absolute Gasteiger partial charge is 0.419 e. The fourth-order valence-corrected chi connectivity index (χ4v) is 3.43. The van der Waals surface area contributed by atoms with Gasteiger partial charge in [0.2, 0.25) is 5.03 Å². The summed E-state index contributed by atoms with van der Waals surface area (Å²) in [6.07, 6.45) is -4.13. The van der Waals surface area contributed by atoms with Gasteiger partial charge in [-0.25, -0.2) is 8.42 Å². The van der Waals surface area contributed by atoms with E-state index in [1.165, 1.54) is 18.2 Å². The molecule has 0 amide bonds. The fourth-order valence-electron chi connectivity index (χ4n) is 2.10. The Morgan fingerprint density at radius 3 is 2.57 bits per heavy atom. The minimum Gasteiger partial charge on any atom is -0.487 e. The maximum atomic E-state index is 12.9. The number of H-pyrrole nitrogens is 1. The van der Waals surface area contributed by atoms with Crippen LogP contribution in [-0.4, -0.2) is 47.3 Å². The third-order valence-corrected chi connectivity index (χ3v) is 5.00. The van der Waals surface area contributed by atoms with Gasteiger partial charge < -0.3 is 4.74 Å². The first kappa shape index (κ1) is 15.7. The van der Waals surface area contributed by atoms with Gasteiger partial charge >= 0.3 is 6.18 Å². The molecule has 0 spiro atoms. The number of hydrogen-bond donors (Lipinski definition) is 1. The Kier molecular flexibility index (Phi) is 3.76. The van der Waals surface area contributed by atoms with E-state index < -0.39 is 27.9 Å². The zero-order valence-electron chi connectivity index (χ0n) is 11.5. The number of halogens is 3. The number of aromatic amines is 1. The van der Waals surface area contributed by atoms with Gasteiger partial charge in [-0.2, -0.15) is 27.8 Å². The minimum absolute atomic E-state index is 0.0542. The van der Waals surface area contributed by atoms with Gasteiger partial charge in [-0.15, -0.1) is 5.10 Å². The van der Waals surface area contributed by atoms with Crippen molar-refractivity contribution in [2.45, 2.75) is 17.3 Å². The lowest BCUT2D eigenvalue weighted by Crippen LogP contribution is -2.56. The Labute approximate surface area is 129 Å². The lowest BCUT2D eigenvalue weighted by molar-refractivity contribution is -0.139. The van der Waals surface area contributed by atoms with E-state index in [1.54, 1.807) is 0 Å². The highest BCUT2D eigenvalue weighted by Gasteiger charge is 2.41. The molecular weight excluding hydrogens is 337 g/mol. The molecule has 0 bridgehead atoms. The number of ether oxygens (including phenoxy) is 1. The summed E-state index contributed by atoms with van der Waals surface area (Å²) in [4.78, 5) is 0. The first-order chi connectivity index (χ1) is 10.8. The molecule has 2 aromatic rings. The van der Waals surface area contributed by atoms with E-state index in [2.05, 4.69) is 15.4 Å². The van der Waals surface area contributed by atoms with Gasteiger partial charge in [-0.3, -0.25) is 0 Å². The molecule has 0 radical (unpaired) electrons. The van der Waals surface area contributed by atoms with Gasteiger partial charge in [0.15, 0.2) is 0 Å². The van der Waals surface area contributed by atoms with Crippen molar-refractivity contribution in [2.24, 2.45) is 0 Å². The van der Waals surface area contributed by atoms with Gasteiger partial charge in [0.1, 0.15) is 11.9 Å². The van der Waals surface area contributed by atoms with Crippen molar-refractivity contribution in [3.8, 4) is 5.75 Å². The number of aromatic nitrogens is 3. The summed E-state index contributed by atoms with van der Waals surface area (Å²) in [5.74, 6) is -0.316. The van der Waals surface area contributed by atoms with Crippen molar-refractivity contribution in [3.05, 3.63) is 36.0 Å². The number of benzene rings is 1. The SMILES string of the molecule is O=S(=O)(c1cn[nH]n1)N1CC(Oc2ccccc2C(F)(F)F)C1. The van der Waals surface area contributed by atoms with E-state index in [-0.39, 0.29) is 23.9 Å². The van der Waals surface area contributed by atoms with Crippen molar-refractivity contribution >= 4 is 10.0 Å². The van der Waals surface area contributed by atoms with Crippen LogP contribution >= 0.6 is 0 Å². The standard InChI is InChI=1S/C12H11F3N4O3S/c13-12(14,15)9-3-1-2-4-10(9)22-8-6-19(7-8)23(20,21)11-5-16-18-17-11/h1-5,8H,6-7H2,(H,16,17,18). The van der Waals surface area contributed by atoms with Crippen molar-refractivity contribution in [2.75, 3.05) is 13.1 Å². The Hall–Kier alpha value is -2.14. The first-order valence-corrected chi connectivity index (χ1v) is 7.91. The van der Waals surface area contributed by atoms with E-state index in [1.807, 2.05) is 0 Å². The van der Waals surface area contributed by atoms with Crippen LogP contribution in [0.5, 0.6) is 5.75 Å². The average molecular weight is 348 g/mol. The predicted octanol–water partition coefficient (Wildman–Crippen LogP) is 1.28. The minimum atomic E-state index is -4.53. The maximum Gasteiger partial charge on any atom is 0.419 e. The van der Waals surface area contributed by atoms with Gasteiger partial charge in [-0.05, 0) is 12.1 Å². The topological polar surface area (TPSA) is 88.2 Å². The molecule has 124 valence electrons. The van der Waals surface area contributed by atoms with Crippen LogP contribution in [0.15, 0.2) is 35.5 Å². The molecule has 0 atom stereocenters. The van der Waals surface area contributed by atoms with E-state index in [0.717, 1.165) is 16.6 Å². The highest BCUT2D eigenvalue weighted by atomic mass is 32.2. The van der Waals surface area contributed by atoms with Gasteiger partial charge in [0.05, 0.1) is 24.8 Å². The summed E-state index contributed by atoms with van der Waals surface area (Å²) in [6, 6.07) is 4.81. The molecule has 1 N–H and O–H groups in total. The molecule has 1 saturated heterocycles. The molecule has 0 aliphatic carbocycles. The van der Waals surface area contributed by atoms with Gasteiger partial charge in [0, 0.05) is 0 Å². The quantitative estimate of drug-likeness (QED) is 0.899. The molecule has 3 rings (SSSR count). The van der Waals surface area contributed by atoms with Gasteiger partial charge in [0.25, 0.3) is 10.0 Å². The Morgan fingerprint density at radius 1 is 1.26 bits per heavy atom. The molecule has 11 heteroatoms. The molecule has 1 aromatic heterocycles. The summed E-state index contributed by atoms with van der Waals surface area (Å²) in [5, 5.41) is 8.86. The second kappa shape index (κ2) is 5.49. The van der Waals surface area contributed by atoms with Crippen LogP contribution in [0.25, 0.3) is 0 Å². The van der Waals surface area contributed by atoms with Crippen LogP contribution in [0.3, 0.4) is 0 Å². The molecule has 1 aliphatic heterocycles. The van der Waals surface area contributed by atoms with E-state index in [0.29, 0.717) is 0 Å². The fraction of sp³-hybridized carbons (Fsp3) is 0.333. The van der Waals surface area contributed by atoms with Crippen LogP contribution in [0, 0.1) is 0 Å². The molecular formula is C12H11F3N4O3S. The molecule has 23 heavy (non-hydrogen) atoms. The molecule has 0 unspecified atom stereocenters. The van der Waals surface area contributed by atoms with Crippen LogP contribution in [0.4, 0.5) is 13.2 Å². The molecule has 2 heterocycles. The third-order valence-electron chi connectivity index (χ3n) is 3.30. The highest BCUT2D eigenvalue weighted by molar-refractivity contribution is 7.89. The number of alkyl halides is 3. The number of nitrogens with one attached hydrogen (secondary N) is 1. The maximum absolute atomic E-state index is 12.9. The van der Waals surface area contributed by atoms with E-state index in [4.69, 9.17) is 4.74 Å². The summed E-state index contributed by atoms with van der Waals surface area (Å²) in [6.45, 7) is -0.108. The lowest BCUT2D eigenvalue weighted by atomic mass is 10.1. The second-order valence-corrected chi connectivity index (χ2v) is 6.75. The summed E-state index contributed by atoms with van der Waals surface area (Å²) in [5.41, 5.74) is -0.891. The van der Waals surface area contributed by atoms with Crippen molar-refractivity contribution in [1.29, 1.82) is 0 Å². The Balaban J connectivity index is 1.68. The summed E-state index contributed by atoms with van der Waals surface area (Å²) < 4.78 is 69.1. The normalized spacial score (nSPS) is 17.0. The van der Waals surface area contributed by atoms with Crippen molar-refractivity contribution in [3.63, 3.8) is 0 Å². The molecule has 1 fully saturated rings. The Morgan fingerprint density at radius 2 is 1.96 bits per heavy atom. The average Bonchev–Trinajstić information content (AvgIpc) is 2.96. The molecule has 0 saturated carbocycles. The summed E-state index contributed by atoms with van der Waals surface area (Å²) in [7, 11) is -3.80. The number of hydrogen-bond acceptors (Lipinski definition) is 5. The number of sulfonamides is 1. The Bertz CT molecular complexity index is 786. The van der Waals surface area contributed by atoms with Crippen LogP contribution in [0.2, 0.25) is 0 Å². The third kappa shape index (κ3) is 3.01. The van der Waals surface area contributed by atoms with Crippen LogP contribution < -0.4 is 4.74 Å². The molecule has 1 aromatic carbocycles. The van der Waals surface area contributed by atoms with Crippen LogP contribution in [0.1, 0.15) is 5.56 Å². The number of para-hydroxylation sites is 1. The molecule has 7 nitrogen and oxygen atoms in total. The van der Waals surface area contributed by atoms with Crippen LogP contribution in [-0.2, 0) is 16.2 Å². The highest BCUT2D eigenvalue weighted by Crippen LogP contribution is 2.37. The monoisotopic (exact) mass is 348 g/mol. The van der Waals surface area contributed by atoms with Crippen molar-refractivity contribution < 1.29 is 26.3 Å². The van der Waals surface area contributed by atoms with E-state index in [9.17, 15) is 21.6 Å². The zero-order chi connectivity index (χ0) is 16.7. The zero-order valence-corrected chi connectivity index (χ0v) is 12.3. The number of rotatable bonds is 4. The predicted molar refractivity (Wildman–Crippen MR) is 71.0 cm³/mol. The second-order valence-electron chi connectivity index (χ2n) is 4.86. The lowest BCUT2D eigenvalue weighted by Gasteiger charge is -2.37. The first-order valence-electron chi connectivity index (χ1n) is 6.47. The largest absolute Gasteiger partial charge is 0.487 e.